The summed E-state index contributed by atoms with van der Waals surface area (Å²) >= 11 is 0. The minimum Gasteiger partial charge on any atom is -0.360 e. The number of carbonyl (C=O) groups is 2. The van der Waals surface area contributed by atoms with Crippen molar-refractivity contribution in [3.8, 4) is 0 Å². The predicted molar refractivity (Wildman–Crippen MR) is 97.5 cm³/mol. The summed E-state index contributed by atoms with van der Waals surface area (Å²) in [5.74, 6) is 0.890. The van der Waals surface area contributed by atoms with Crippen molar-refractivity contribution in [1.82, 2.24) is 15.0 Å². The third kappa shape index (κ3) is 4.92. The van der Waals surface area contributed by atoms with Crippen molar-refractivity contribution in [3.05, 3.63) is 47.3 Å². The summed E-state index contributed by atoms with van der Waals surface area (Å²) in [5.41, 5.74) is 2.58. The van der Waals surface area contributed by atoms with E-state index in [2.05, 4.69) is 15.4 Å². The predicted octanol–water partition coefficient (Wildman–Crippen LogP) is 1.83. The van der Waals surface area contributed by atoms with Gasteiger partial charge in [0.2, 0.25) is 11.8 Å². The van der Waals surface area contributed by atoms with E-state index in [1.165, 1.54) is 6.92 Å². The molecule has 1 saturated heterocycles. The molecule has 0 spiro atoms. The zero-order valence-corrected chi connectivity index (χ0v) is 15.2. The highest BCUT2D eigenvalue weighted by Crippen LogP contribution is 2.13. The van der Waals surface area contributed by atoms with Gasteiger partial charge in [0.15, 0.2) is 5.76 Å². The van der Waals surface area contributed by atoms with E-state index in [4.69, 9.17) is 4.52 Å². The van der Waals surface area contributed by atoms with Gasteiger partial charge in [-0.3, -0.25) is 14.5 Å². The lowest BCUT2D eigenvalue weighted by Crippen LogP contribution is -2.48. The summed E-state index contributed by atoms with van der Waals surface area (Å²) in [5, 5.41) is 6.63. The molecule has 1 aliphatic heterocycles. The van der Waals surface area contributed by atoms with Gasteiger partial charge in [-0.2, -0.15) is 0 Å². The number of nitrogens with zero attached hydrogens (tertiary/aromatic N) is 3. The number of aromatic nitrogens is 1. The monoisotopic (exact) mass is 356 g/mol. The molecule has 7 nitrogen and oxygen atoms in total. The number of anilines is 1. The van der Waals surface area contributed by atoms with Gasteiger partial charge < -0.3 is 14.7 Å². The minimum atomic E-state index is -0.104. The third-order valence-electron chi connectivity index (χ3n) is 4.41. The first-order valence-electron chi connectivity index (χ1n) is 8.78. The van der Waals surface area contributed by atoms with Gasteiger partial charge in [0.1, 0.15) is 0 Å². The Kier molecular flexibility index (Phi) is 5.68. The molecule has 7 heteroatoms. The summed E-state index contributed by atoms with van der Waals surface area (Å²) in [4.78, 5) is 27.7. The van der Waals surface area contributed by atoms with Crippen molar-refractivity contribution in [2.75, 3.05) is 31.5 Å². The van der Waals surface area contributed by atoms with Crippen LogP contribution in [0.2, 0.25) is 0 Å². The van der Waals surface area contributed by atoms with E-state index in [1.54, 1.807) is 0 Å². The van der Waals surface area contributed by atoms with Crippen LogP contribution in [0.1, 0.15) is 23.9 Å². The molecule has 1 aromatic carbocycles. The smallest absolute Gasteiger partial charge is 0.227 e. The molecule has 2 aromatic rings. The van der Waals surface area contributed by atoms with Crippen LogP contribution >= 0.6 is 0 Å². The molecule has 3 rings (SSSR count). The first-order valence-corrected chi connectivity index (χ1v) is 8.78. The van der Waals surface area contributed by atoms with Gasteiger partial charge in [0.25, 0.3) is 0 Å². The number of hydrogen-bond acceptors (Lipinski definition) is 5. The number of piperazine rings is 1. The van der Waals surface area contributed by atoms with Crippen molar-refractivity contribution in [1.29, 1.82) is 0 Å². The first kappa shape index (κ1) is 18.1. The van der Waals surface area contributed by atoms with Crippen molar-refractivity contribution >= 4 is 17.5 Å². The Bertz CT molecular complexity index is 761. The summed E-state index contributed by atoms with van der Waals surface area (Å²) in [6.07, 6.45) is 0.377. The van der Waals surface area contributed by atoms with Gasteiger partial charge in [-0.25, -0.2) is 0 Å². The summed E-state index contributed by atoms with van der Waals surface area (Å²) in [6.45, 7) is 7.20. The van der Waals surface area contributed by atoms with Crippen molar-refractivity contribution in [2.24, 2.45) is 0 Å². The Morgan fingerprint density at radius 3 is 2.42 bits per heavy atom. The number of rotatable bonds is 5. The van der Waals surface area contributed by atoms with Crippen LogP contribution in [0.3, 0.4) is 0 Å². The van der Waals surface area contributed by atoms with Crippen LogP contribution in [0.25, 0.3) is 0 Å². The SMILES string of the molecule is CC(=O)Nc1ccc(CC(=O)N2CCN(Cc3cc(C)no3)CC2)cc1. The zero-order chi connectivity index (χ0) is 18.5. The van der Waals surface area contributed by atoms with Crippen LogP contribution in [0, 0.1) is 6.92 Å². The molecule has 0 atom stereocenters. The summed E-state index contributed by atoms with van der Waals surface area (Å²) in [7, 11) is 0. The van der Waals surface area contributed by atoms with Crippen LogP contribution in [0.5, 0.6) is 0 Å². The molecule has 1 aromatic heterocycles. The lowest BCUT2D eigenvalue weighted by molar-refractivity contribution is -0.132. The largest absolute Gasteiger partial charge is 0.360 e. The van der Waals surface area contributed by atoms with Crippen LogP contribution in [0.15, 0.2) is 34.9 Å². The number of benzene rings is 1. The topological polar surface area (TPSA) is 78.7 Å². The lowest BCUT2D eigenvalue weighted by atomic mass is 10.1. The van der Waals surface area contributed by atoms with Gasteiger partial charge >= 0.3 is 0 Å². The fraction of sp³-hybridized carbons (Fsp3) is 0.421. The zero-order valence-electron chi connectivity index (χ0n) is 15.2. The number of aryl methyl sites for hydroxylation is 1. The second-order valence-corrected chi connectivity index (χ2v) is 6.65. The second kappa shape index (κ2) is 8.14. The molecule has 0 saturated carbocycles. The van der Waals surface area contributed by atoms with Crippen LogP contribution in [-0.2, 0) is 22.6 Å². The van der Waals surface area contributed by atoms with Gasteiger partial charge in [0, 0.05) is 44.9 Å². The quantitative estimate of drug-likeness (QED) is 0.884. The van der Waals surface area contributed by atoms with Crippen LogP contribution in [0.4, 0.5) is 5.69 Å². The highest BCUT2D eigenvalue weighted by atomic mass is 16.5. The van der Waals surface area contributed by atoms with E-state index in [1.807, 2.05) is 42.2 Å². The van der Waals surface area contributed by atoms with E-state index in [0.29, 0.717) is 6.42 Å². The Morgan fingerprint density at radius 1 is 1.15 bits per heavy atom. The maximum Gasteiger partial charge on any atom is 0.227 e. The molecule has 26 heavy (non-hydrogen) atoms. The molecular weight excluding hydrogens is 332 g/mol. The van der Waals surface area contributed by atoms with Crippen molar-refractivity contribution in [2.45, 2.75) is 26.8 Å². The molecule has 0 radical (unpaired) electrons. The molecule has 1 N–H and O–H groups in total. The summed E-state index contributed by atoms with van der Waals surface area (Å²) < 4.78 is 5.26. The third-order valence-corrected chi connectivity index (χ3v) is 4.41. The molecular formula is C19H24N4O3. The average molecular weight is 356 g/mol. The number of hydrogen-bond donors (Lipinski definition) is 1. The average Bonchev–Trinajstić information content (AvgIpc) is 3.01. The molecule has 2 heterocycles. The Labute approximate surface area is 152 Å². The number of carbonyl (C=O) groups excluding carboxylic acids is 2. The Hall–Kier alpha value is -2.67. The van der Waals surface area contributed by atoms with E-state index in [0.717, 1.165) is 55.4 Å². The normalized spacial score (nSPS) is 15.1. The molecule has 1 aliphatic rings. The Balaban J connectivity index is 1.46. The van der Waals surface area contributed by atoms with Gasteiger partial charge in [0.05, 0.1) is 18.7 Å². The standard InChI is InChI=1S/C19H24N4O3/c1-14-11-18(26-21-14)13-22-7-9-23(10-8-22)19(25)12-16-3-5-17(6-4-16)20-15(2)24/h3-6,11H,7-10,12-13H2,1-2H3,(H,20,24). The van der Waals surface area contributed by atoms with Gasteiger partial charge in [-0.05, 0) is 24.6 Å². The highest BCUT2D eigenvalue weighted by molar-refractivity contribution is 5.88. The fourth-order valence-corrected chi connectivity index (χ4v) is 3.06. The molecule has 1 fully saturated rings. The van der Waals surface area contributed by atoms with E-state index in [-0.39, 0.29) is 11.8 Å². The maximum atomic E-state index is 12.5. The van der Waals surface area contributed by atoms with E-state index >= 15 is 0 Å². The number of nitrogens with one attached hydrogen (secondary N) is 1. The fourth-order valence-electron chi connectivity index (χ4n) is 3.06. The highest BCUT2D eigenvalue weighted by Gasteiger charge is 2.22. The maximum absolute atomic E-state index is 12.5. The first-order chi connectivity index (χ1) is 12.5. The van der Waals surface area contributed by atoms with Crippen molar-refractivity contribution in [3.63, 3.8) is 0 Å². The van der Waals surface area contributed by atoms with Crippen molar-refractivity contribution < 1.29 is 14.1 Å². The van der Waals surface area contributed by atoms with Gasteiger partial charge in [-0.1, -0.05) is 17.3 Å². The number of amides is 2. The van der Waals surface area contributed by atoms with Crippen LogP contribution in [-0.4, -0.2) is 52.9 Å². The molecule has 0 aliphatic carbocycles. The second-order valence-electron chi connectivity index (χ2n) is 6.65. The Morgan fingerprint density at radius 2 is 1.85 bits per heavy atom. The summed E-state index contributed by atoms with van der Waals surface area (Å²) in [6, 6.07) is 9.35. The lowest BCUT2D eigenvalue weighted by Gasteiger charge is -2.34. The van der Waals surface area contributed by atoms with Gasteiger partial charge in [-0.15, -0.1) is 0 Å². The van der Waals surface area contributed by atoms with E-state index < -0.39 is 0 Å². The minimum absolute atomic E-state index is 0.104. The molecule has 0 unspecified atom stereocenters. The molecule has 138 valence electrons. The van der Waals surface area contributed by atoms with E-state index in [9.17, 15) is 9.59 Å². The molecule has 2 amide bonds. The van der Waals surface area contributed by atoms with Crippen LogP contribution < -0.4 is 5.32 Å². The molecule has 0 bridgehead atoms.